The zero-order valence-electron chi connectivity index (χ0n) is 15.5. The molecule has 26 heavy (non-hydrogen) atoms. The predicted octanol–water partition coefficient (Wildman–Crippen LogP) is 3.61. The molecule has 2 fully saturated rings. The van der Waals surface area contributed by atoms with Gasteiger partial charge in [-0.05, 0) is 56.2 Å². The Labute approximate surface area is 160 Å². The number of rotatable bonds is 4. The Morgan fingerprint density at radius 3 is 2.73 bits per heavy atom. The van der Waals surface area contributed by atoms with Crippen LogP contribution in [0.25, 0.3) is 0 Å². The number of halogens is 1. The van der Waals surface area contributed by atoms with Gasteiger partial charge in [0, 0.05) is 17.1 Å². The summed E-state index contributed by atoms with van der Waals surface area (Å²) in [4.78, 5) is 27.7. The van der Waals surface area contributed by atoms with Gasteiger partial charge >= 0.3 is 0 Å². The Balaban J connectivity index is 1.91. The van der Waals surface area contributed by atoms with Crippen molar-refractivity contribution in [3.05, 3.63) is 34.9 Å². The maximum Gasteiger partial charge on any atom is 0.256 e. The van der Waals surface area contributed by atoms with E-state index < -0.39 is 11.8 Å². The summed E-state index contributed by atoms with van der Waals surface area (Å²) in [7, 11) is 0. The van der Waals surface area contributed by atoms with Crippen LogP contribution in [0, 0.1) is 5.92 Å². The highest BCUT2D eigenvalue weighted by atomic mass is 35.5. The van der Waals surface area contributed by atoms with Gasteiger partial charge < -0.3 is 10.1 Å². The second-order valence-electron chi connectivity index (χ2n) is 7.43. The lowest BCUT2D eigenvalue weighted by Crippen LogP contribution is -2.56. The number of hydrogen-bond acceptors (Lipinski definition) is 3. The summed E-state index contributed by atoms with van der Waals surface area (Å²) in [6.07, 6.45) is 4.35. The van der Waals surface area contributed by atoms with Crippen molar-refractivity contribution in [2.75, 3.05) is 13.2 Å². The second-order valence-corrected chi connectivity index (χ2v) is 7.87. The first-order valence-corrected chi connectivity index (χ1v) is 9.85. The highest BCUT2D eigenvalue weighted by Gasteiger charge is 2.53. The van der Waals surface area contributed by atoms with Crippen molar-refractivity contribution in [2.24, 2.45) is 5.92 Å². The van der Waals surface area contributed by atoms with Crippen LogP contribution in [0.2, 0.25) is 5.02 Å². The molecule has 1 aliphatic heterocycles. The maximum atomic E-state index is 13.4. The predicted molar refractivity (Wildman–Crippen MR) is 101 cm³/mol. The van der Waals surface area contributed by atoms with Crippen LogP contribution in [-0.2, 0) is 9.53 Å². The first-order chi connectivity index (χ1) is 12.5. The molecule has 1 aromatic rings. The molecular formula is C20H27ClN2O3. The first kappa shape index (κ1) is 19.2. The Kier molecular flexibility index (Phi) is 5.88. The molecule has 1 saturated heterocycles. The number of carbonyl (C=O) groups is 2. The van der Waals surface area contributed by atoms with E-state index in [2.05, 4.69) is 12.2 Å². The van der Waals surface area contributed by atoms with Crippen molar-refractivity contribution >= 4 is 23.4 Å². The minimum absolute atomic E-state index is 0.141. The molecule has 1 aromatic carbocycles. The number of benzene rings is 1. The van der Waals surface area contributed by atoms with Crippen molar-refractivity contribution in [3.63, 3.8) is 0 Å². The van der Waals surface area contributed by atoms with Crippen LogP contribution in [0.5, 0.6) is 0 Å². The average Bonchev–Trinajstić information content (AvgIpc) is 3.00. The first-order valence-electron chi connectivity index (χ1n) is 9.48. The fourth-order valence-electron chi connectivity index (χ4n) is 3.91. The lowest BCUT2D eigenvalue weighted by molar-refractivity contribution is -0.127. The fourth-order valence-corrected chi connectivity index (χ4v) is 4.10. The van der Waals surface area contributed by atoms with E-state index in [9.17, 15) is 9.59 Å². The zero-order chi connectivity index (χ0) is 18.7. The molecule has 5 nitrogen and oxygen atoms in total. The molecule has 2 amide bonds. The summed E-state index contributed by atoms with van der Waals surface area (Å²) in [5.41, 5.74) is -0.186. The molecule has 3 rings (SSSR count). The van der Waals surface area contributed by atoms with Crippen LogP contribution in [0.1, 0.15) is 56.3 Å². The van der Waals surface area contributed by atoms with Crippen molar-refractivity contribution < 1.29 is 14.3 Å². The minimum Gasteiger partial charge on any atom is -0.354 e. The minimum atomic E-state index is -0.680. The smallest absolute Gasteiger partial charge is 0.256 e. The van der Waals surface area contributed by atoms with Gasteiger partial charge in [0.25, 0.3) is 5.91 Å². The molecule has 0 aromatic heterocycles. The summed E-state index contributed by atoms with van der Waals surface area (Å²) in [5.74, 6) is 0.286. The number of nitrogens with zero attached hydrogens (tertiary/aromatic N) is 1. The molecule has 6 heteroatoms. The average molecular weight is 379 g/mol. The number of nitrogens with one attached hydrogen (secondary N) is 1. The lowest BCUT2D eigenvalue weighted by Gasteiger charge is -2.43. The summed E-state index contributed by atoms with van der Waals surface area (Å²) < 4.78 is 6.14. The topological polar surface area (TPSA) is 58.6 Å². The number of hydrogen-bond donors (Lipinski definition) is 1. The molecule has 1 unspecified atom stereocenters. The van der Waals surface area contributed by atoms with Crippen LogP contribution in [0.15, 0.2) is 24.3 Å². The molecular weight excluding hydrogens is 352 g/mol. The Morgan fingerprint density at radius 2 is 2.08 bits per heavy atom. The molecule has 2 aliphatic rings. The third kappa shape index (κ3) is 3.74. The third-order valence-corrected chi connectivity index (χ3v) is 5.69. The number of carbonyl (C=O) groups excluding carboxylic acids is 2. The maximum absolute atomic E-state index is 13.4. The quantitative estimate of drug-likeness (QED) is 0.870. The van der Waals surface area contributed by atoms with Gasteiger partial charge in [0.05, 0.1) is 6.61 Å². The molecule has 1 saturated carbocycles. The van der Waals surface area contributed by atoms with Gasteiger partial charge in [-0.25, -0.2) is 0 Å². The summed E-state index contributed by atoms with van der Waals surface area (Å²) >= 11 is 6.08. The summed E-state index contributed by atoms with van der Waals surface area (Å²) in [6, 6.07) is 6.30. The van der Waals surface area contributed by atoms with Gasteiger partial charge in [-0.1, -0.05) is 31.5 Å². The lowest BCUT2D eigenvalue weighted by atomic mass is 9.83. The molecule has 1 atom stereocenters. The van der Waals surface area contributed by atoms with E-state index >= 15 is 0 Å². The van der Waals surface area contributed by atoms with E-state index in [-0.39, 0.29) is 18.4 Å². The van der Waals surface area contributed by atoms with Crippen LogP contribution >= 0.6 is 11.6 Å². The van der Waals surface area contributed by atoms with Gasteiger partial charge in [0.15, 0.2) is 0 Å². The molecule has 0 bridgehead atoms. The third-order valence-electron chi connectivity index (χ3n) is 5.46. The van der Waals surface area contributed by atoms with Crippen LogP contribution in [0.4, 0.5) is 0 Å². The molecule has 1 N–H and O–H groups in total. The SMILES string of the molecule is CCCNC(=O)C1COC2(CCC(C)CC2)N1C(=O)c1cccc(Cl)c1. The van der Waals surface area contributed by atoms with E-state index in [4.69, 9.17) is 16.3 Å². The van der Waals surface area contributed by atoms with Gasteiger partial charge in [0.2, 0.25) is 5.91 Å². The second kappa shape index (κ2) is 7.97. The largest absolute Gasteiger partial charge is 0.354 e. The van der Waals surface area contributed by atoms with Gasteiger partial charge in [-0.15, -0.1) is 0 Å². The number of amides is 2. The normalized spacial score (nSPS) is 28.3. The summed E-state index contributed by atoms with van der Waals surface area (Å²) in [5, 5.41) is 3.42. The molecule has 1 spiro atoms. The van der Waals surface area contributed by atoms with E-state index in [0.29, 0.717) is 23.0 Å². The highest BCUT2D eigenvalue weighted by Crippen LogP contribution is 2.43. The van der Waals surface area contributed by atoms with Gasteiger partial charge in [-0.2, -0.15) is 0 Å². The number of ether oxygens (including phenoxy) is 1. The summed E-state index contributed by atoms with van der Waals surface area (Å²) in [6.45, 7) is 5.06. The van der Waals surface area contributed by atoms with Crippen molar-refractivity contribution in [2.45, 2.75) is 57.7 Å². The molecule has 1 aliphatic carbocycles. The Morgan fingerprint density at radius 1 is 1.35 bits per heavy atom. The van der Waals surface area contributed by atoms with Crippen molar-refractivity contribution in [1.29, 1.82) is 0 Å². The van der Waals surface area contributed by atoms with E-state index in [1.165, 1.54) is 0 Å². The Hall–Kier alpha value is -1.59. The molecule has 1 heterocycles. The van der Waals surface area contributed by atoms with Crippen LogP contribution in [-0.4, -0.2) is 41.6 Å². The monoisotopic (exact) mass is 378 g/mol. The molecule has 142 valence electrons. The van der Waals surface area contributed by atoms with Crippen LogP contribution < -0.4 is 5.32 Å². The van der Waals surface area contributed by atoms with E-state index in [0.717, 1.165) is 32.1 Å². The van der Waals surface area contributed by atoms with Crippen LogP contribution in [0.3, 0.4) is 0 Å². The van der Waals surface area contributed by atoms with E-state index in [1.807, 2.05) is 6.92 Å². The van der Waals surface area contributed by atoms with Gasteiger partial charge in [0.1, 0.15) is 11.8 Å². The van der Waals surface area contributed by atoms with Gasteiger partial charge in [-0.3, -0.25) is 14.5 Å². The Bertz CT molecular complexity index is 671. The highest BCUT2D eigenvalue weighted by molar-refractivity contribution is 6.31. The fraction of sp³-hybridized carbons (Fsp3) is 0.600. The molecule has 0 radical (unpaired) electrons. The van der Waals surface area contributed by atoms with E-state index in [1.54, 1.807) is 29.2 Å². The standard InChI is InChI=1S/C20H27ClN2O3/c1-3-11-22-18(24)17-13-26-20(9-7-14(2)8-10-20)23(17)19(25)15-5-4-6-16(21)12-15/h4-6,12,14,17H,3,7-11,13H2,1-2H3,(H,22,24). The van der Waals surface area contributed by atoms with Crippen molar-refractivity contribution in [1.82, 2.24) is 10.2 Å². The zero-order valence-corrected chi connectivity index (χ0v) is 16.2. The van der Waals surface area contributed by atoms with Crippen molar-refractivity contribution in [3.8, 4) is 0 Å².